The second kappa shape index (κ2) is 11.9. The molecule has 2 atom stereocenters. The summed E-state index contributed by atoms with van der Waals surface area (Å²) in [5.41, 5.74) is 7.06. The van der Waals surface area contributed by atoms with Crippen LogP contribution in [0.15, 0.2) is 23.3 Å². The molecule has 0 aliphatic carbocycles. The first kappa shape index (κ1) is 22.4. The summed E-state index contributed by atoms with van der Waals surface area (Å²) in [4.78, 5) is 33.2. The third kappa shape index (κ3) is 11.9. The molecule has 3 N–H and O–H groups in total. The van der Waals surface area contributed by atoms with Crippen molar-refractivity contribution in [3.05, 3.63) is 23.3 Å². The molecule has 0 aliphatic heterocycles. The summed E-state index contributed by atoms with van der Waals surface area (Å²) >= 11 is -1.51. The molecule has 0 aromatic rings. The number of carboxylic acids is 1. The van der Waals surface area contributed by atoms with Crippen LogP contribution in [-0.2, 0) is 25.6 Å². The van der Waals surface area contributed by atoms with Crippen molar-refractivity contribution in [3.8, 4) is 0 Å². The van der Waals surface area contributed by atoms with E-state index in [0.29, 0.717) is 12.8 Å². The largest absolute Gasteiger partial charge is 0.616 e. The highest BCUT2D eigenvalue weighted by atomic mass is 32.2. The van der Waals surface area contributed by atoms with Gasteiger partial charge in [0.1, 0.15) is 11.5 Å². The number of nitrogens with two attached hydrogens (primary N) is 1. The van der Waals surface area contributed by atoms with Crippen molar-refractivity contribution in [1.29, 1.82) is 0 Å². The fourth-order valence-electron chi connectivity index (χ4n) is 2.10. The number of allylic oxidation sites excluding steroid dienone is 3. The Hall–Kier alpha value is -1.60. The van der Waals surface area contributed by atoms with Crippen LogP contribution in [0.2, 0.25) is 0 Å². The Kier molecular flexibility index (Phi) is 11.1. The van der Waals surface area contributed by atoms with Gasteiger partial charge in [-0.2, -0.15) is 0 Å². The Bertz CT molecular complexity index is 513. The van der Waals surface area contributed by atoms with Gasteiger partial charge in [-0.15, -0.1) is 0 Å². The molecule has 24 heavy (non-hydrogen) atoms. The molecular formula is C17H27NO5S. The Morgan fingerprint density at radius 2 is 1.79 bits per heavy atom. The van der Waals surface area contributed by atoms with E-state index in [4.69, 9.17) is 10.8 Å². The number of carbonyl (C=O) groups excluding carboxylic acids is 2. The summed E-state index contributed by atoms with van der Waals surface area (Å²) in [6, 6.07) is 0. The summed E-state index contributed by atoms with van der Waals surface area (Å²) in [7, 11) is 0. The van der Waals surface area contributed by atoms with Crippen LogP contribution in [0.3, 0.4) is 0 Å². The van der Waals surface area contributed by atoms with Crippen LogP contribution in [0.1, 0.15) is 46.5 Å². The Balaban J connectivity index is 4.17. The van der Waals surface area contributed by atoms with Crippen molar-refractivity contribution in [2.45, 2.75) is 46.5 Å². The minimum absolute atomic E-state index is 0.00806. The molecule has 1 amide bonds. The van der Waals surface area contributed by atoms with Crippen molar-refractivity contribution in [3.63, 3.8) is 0 Å². The minimum Gasteiger partial charge on any atom is -0.616 e. The van der Waals surface area contributed by atoms with Crippen LogP contribution in [-0.4, -0.2) is 38.8 Å². The highest BCUT2D eigenvalue weighted by molar-refractivity contribution is 7.92. The highest BCUT2D eigenvalue weighted by Gasteiger charge is 2.21. The molecule has 0 spiro atoms. The fraction of sp³-hybridized carbons (Fsp3) is 0.588. The number of Topliss-reactive ketones (excluding diaryl/α,β-unsaturated/α-hetero) is 1. The quantitative estimate of drug-likeness (QED) is 0.314. The second-order valence-corrected chi connectivity index (χ2v) is 7.50. The average molecular weight is 357 g/mol. The average Bonchev–Trinajstić information content (AvgIpc) is 2.42. The molecule has 0 saturated heterocycles. The number of ketones is 1. The van der Waals surface area contributed by atoms with Crippen molar-refractivity contribution in [2.75, 3.05) is 11.5 Å². The normalized spacial score (nSPS) is 15.0. The van der Waals surface area contributed by atoms with Crippen LogP contribution in [0.25, 0.3) is 0 Å². The van der Waals surface area contributed by atoms with E-state index in [1.165, 1.54) is 6.08 Å². The van der Waals surface area contributed by atoms with E-state index in [1.54, 1.807) is 6.92 Å². The monoisotopic (exact) mass is 357 g/mol. The predicted molar refractivity (Wildman–Crippen MR) is 94.9 cm³/mol. The number of aliphatic carboxylic acids is 1. The molecule has 136 valence electrons. The third-order valence-electron chi connectivity index (χ3n) is 3.46. The van der Waals surface area contributed by atoms with Gasteiger partial charge in [0.05, 0.1) is 5.92 Å². The first-order chi connectivity index (χ1) is 11.1. The number of rotatable bonds is 12. The molecular weight excluding hydrogens is 330 g/mol. The lowest BCUT2D eigenvalue weighted by atomic mass is 10.0. The molecule has 6 nitrogen and oxygen atoms in total. The highest BCUT2D eigenvalue weighted by Crippen LogP contribution is 2.13. The SMILES string of the molecule is C/C(=C\C(N)=O)CC/C=C(\C)CCC(=O)C(C)C[S+]([O-])CC(=O)O. The molecule has 2 unspecified atom stereocenters. The van der Waals surface area contributed by atoms with Gasteiger partial charge in [0.15, 0.2) is 0 Å². The molecule has 0 aromatic heterocycles. The van der Waals surface area contributed by atoms with E-state index in [0.717, 1.165) is 24.0 Å². The van der Waals surface area contributed by atoms with Crippen LogP contribution in [0.4, 0.5) is 0 Å². The molecule has 0 rings (SSSR count). The molecule has 0 radical (unpaired) electrons. The maximum Gasteiger partial charge on any atom is 0.353 e. The predicted octanol–water partition coefficient (Wildman–Crippen LogP) is 1.96. The van der Waals surface area contributed by atoms with Gasteiger partial charge in [0.25, 0.3) is 0 Å². The molecule has 7 heteroatoms. The molecule has 0 aliphatic rings. The van der Waals surface area contributed by atoms with Crippen LogP contribution in [0.5, 0.6) is 0 Å². The lowest BCUT2D eigenvalue weighted by Crippen LogP contribution is -2.26. The van der Waals surface area contributed by atoms with Crippen molar-refractivity contribution in [1.82, 2.24) is 0 Å². The van der Waals surface area contributed by atoms with Gasteiger partial charge in [0.2, 0.25) is 11.7 Å². The Morgan fingerprint density at radius 1 is 1.17 bits per heavy atom. The topological polar surface area (TPSA) is 121 Å². The van der Waals surface area contributed by atoms with Crippen molar-refractivity contribution < 1.29 is 24.0 Å². The summed E-state index contributed by atoms with van der Waals surface area (Å²) < 4.78 is 11.5. The number of amides is 1. The van der Waals surface area contributed by atoms with E-state index < -0.39 is 34.7 Å². The zero-order valence-corrected chi connectivity index (χ0v) is 15.4. The minimum atomic E-state index is -1.51. The van der Waals surface area contributed by atoms with Gasteiger partial charge in [0, 0.05) is 12.5 Å². The number of primary amides is 1. The van der Waals surface area contributed by atoms with E-state index >= 15 is 0 Å². The van der Waals surface area contributed by atoms with Crippen LogP contribution >= 0.6 is 0 Å². The fourth-order valence-corrected chi connectivity index (χ4v) is 3.24. The van der Waals surface area contributed by atoms with Gasteiger partial charge in [-0.25, -0.2) is 4.79 Å². The van der Waals surface area contributed by atoms with Crippen LogP contribution in [0, 0.1) is 5.92 Å². The summed E-state index contributed by atoms with van der Waals surface area (Å²) in [5, 5.41) is 8.57. The third-order valence-corrected chi connectivity index (χ3v) is 4.90. The maximum atomic E-state index is 12.0. The lowest BCUT2D eigenvalue weighted by Gasteiger charge is -2.13. The van der Waals surface area contributed by atoms with Gasteiger partial charge < -0.3 is 15.4 Å². The maximum absolute atomic E-state index is 12.0. The zero-order valence-electron chi connectivity index (χ0n) is 14.5. The second-order valence-electron chi connectivity index (χ2n) is 5.99. The standard InChI is InChI=1S/C17H27NO5S/c1-12(5-4-6-13(2)9-16(18)20)7-8-15(19)14(3)10-24(23)11-17(21)22/h5,9,14H,4,6-8,10-11H2,1-3H3,(H2,18,20)(H,21,22)/b12-5+,13-9+. The summed E-state index contributed by atoms with van der Waals surface area (Å²) in [6.45, 7) is 5.46. The molecule has 0 fully saturated rings. The van der Waals surface area contributed by atoms with Gasteiger partial charge in [-0.3, -0.25) is 9.59 Å². The molecule has 0 saturated carbocycles. The first-order valence-electron chi connectivity index (χ1n) is 7.83. The smallest absolute Gasteiger partial charge is 0.353 e. The van der Waals surface area contributed by atoms with E-state index in [2.05, 4.69) is 0 Å². The Morgan fingerprint density at radius 3 is 2.33 bits per heavy atom. The number of carbonyl (C=O) groups is 3. The summed E-state index contributed by atoms with van der Waals surface area (Å²) in [5.74, 6) is -2.31. The number of carboxylic acid groups (broad SMARTS) is 1. The van der Waals surface area contributed by atoms with Gasteiger partial charge in [-0.05, 0) is 44.3 Å². The van der Waals surface area contributed by atoms with Crippen molar-refractivity contribution >= 4 is 28.8 Å². The van der Waals surface area contributed by atoms with Gasteiger partial charge in [-0.1, -0.05) is 24.1 Å². The van der Waals surface area contributed by atoms with E-state index in [1.807, 2.05) is 19.9 Å². The number of hydrogen-bond acceptors (Lipinski definition) is 4. The van der Waals surface area contributed by atoms with Crippen molar-refractivity contribution in [2.24, 2.45) is 11.7 Å². The van der Waals surface area contributed by atoms with E-state index in [-0.39, 0.29) is 11.5 Å². The zero-order chi connectivity index (χ0) is 18.7. The summed E-state index contributed by atoms with van der Waals surface area (Å²) in [6.07, 6.45) is 5.91. The molecule has 0 heterocycles. The van der Waals surface area contributed by atoms with Crippen LogP contribution < -0.4 is 5.73 Å². The molecule has 0 bridgehead atoms. The van der Waals surface area contributed by atoms with Gasteiger partial charge >= 0.3 is 5.97 Å². The van der Waals surface area contributed by atoms with E-state index in [9.17, 15) is 18.9 Å². The number of hydrogen-bond donors (Lipinski definition) is 2. The first-order valence-corrected chi connectivity index (χ1v) is 9.32. The Labute approximate surface area is 146 Å². The molecule has 0 aromatic carbocycles. The lowest BCUT2D eigenvalue weighted by molar-refractivity contribution is -0.134.